The lowest BCUT2D eigenvalue weighted by Crippen LogP contribution is -2.49. The molecular formula is C13H15F4NO2S. The van der Waals surface area contributed by atoms with Gasteiger partial charge in [-0.25, -0.2) is 8.78 Å². The van der Waals surface area contributed by atoms with Crippen molar-refractivity contribution in [3.8, 4) is 0 Å². The molecule has 0 N–H and O–H groups in total. The number of ether oxygens (including phenoxy) is 1. The maximum atomic E-state index is 13.3. The van der Waals surface area contributed by atoms with Crippen LogP contribution in [0.2, 0.25) is 0 Å². The average molecular weight is 325 g/mol. The number of hydrogen-bond donors (Lipinski definition) is 0. The Morgan fingerprint density at radius 2 is 2.29 bits per heavy atom. The Hall–Kier alpha value is -1.15. The molecule has 1 amide bonds. The molecule has 0 radical (unpaired) electrons. The first-order valence-electron chi connectivity index (χ1n) is 6.50. The van der Waals surface area contributed by atoms with E-state index in [9.17, 15) is 22.4 Å². The lowest BCUT2D eigenvalue weighted by Gasteiger charge is -2.28. The highest BCUT2D eigenvalue weighted by Gasteiger charge is 2.51. The summed E-state index contributed by atoms with van der Waals surface area (Å²) in [5.74, 6) is -6.52. The number of carbonyl (C=O) groups is 1. The van der Waals surface area contributed by atoms with Crippen LogP contribution in [0.1, 0.15) is 17.7 Å². The molecule has 118 valence electrons. The summed E-state index contributed by atoms with van der Waals surface area (Å²) in [7, 11) is 0. The first kappa shape index (κ1) is 16.2. The summed E-state index contributed by atoms with van der Waals surface area (Å²) in [5, 5.41) is 1.73. The van der Waals surface area contributed by atoms with E-state index in [4.69, 9.17) is 4.74 Å². The van der Waals surface area contributed by atoms with E-state index in [1.54, 1.807) is 17.5 Å². The number of rotatable bonds is 6. The first-order valence-corrected chi connectivity index (χ1v) is 7.38. The fourth-order valence-electron chi connectivity index (χ4n) is 2.15. The van der Waals surface area contributed by atoms with Crippen LogP contribution in [0.15, 0.2) is 17.5 Å². The zero-order chi connectivity index (χ0) is 15.5. The van der Waals surface area contributed by atoms with Gasteiger partial charge in [-0.15, -0.1) is 11.3 Å². The molecule has 0 aliphatic carbocycles. The summed E-state index contributed by atoms with van der Waals surface area (Å²) in [4.78, 5) is 13.2. The molecule has 1 aromatic rings. The van der Waals surface area contributed by atoms with Crippen molar-refractivity contribution in [2.75, 3.05) is 13.2 Å². The third kappa shape index (κ3) is 3.94. The smallest absolute Gasteiger partial charge is 0.376 e. The van der Waals surface area contributed by atoms with Crippen LogP contribution in [0.4, 0.5) is 17.6 Å². The summed E-state index contributed by atoms with van der Waals surface area (Å²) in [6.07, 6.45) is -2.98. The van der Waals surface area contributed by atoms with Crippen molar-refractivity contribution in [3.63, 3.8) is 0 Å². The second kappa shape index (κ2) is 6.74. The van der Waals surface area contributed by atoms with Gasteiger partial charge in [0.25, 0.3) is 5.91 Å². The molecule has 8 heteroatoms. The molecule has 1 atom stereocenters. The summed E-state index contributed by atoms with van der Waals surface area (Å²) >= 11 is 1.28. The summed E-state index contributed by atoms with van der Waals surface area (Å²) in [6.45, 7) is 0.286. The Labute approximate surface area is 123 Å². The second-order valence-corrected chi connectivity index (χ2v) is 5.86. The van der Waals surface area contributed by atoms with Crippen molar-refractivity contribution < 1.29 is 27.1 Å². The zero-order valence-corrected chi connectivity index (χ0v) is 11.9. The van der Waals surface area contributed by atoms with E-state index in [1.165, 1.54) is 11.3 Å². The fraction of sp³-hybridized carbons (Fsp3) is 0.615. The number of alkyl halides is 4. The van der Waals surface area contributed by atoms with Crippen molar-refractivity contribution in [1.82, 2.24) is 4.90 Å². The standard InChI is InChI=1S/C13H15F4NO2S/c14-11(15)13(16,17)12(19)18(7-9-3-1-5-20-9)8-10-4-2-6-21-10/h2,4,6,9,11H,1,3,5,7-8H2. The normalized spacial score (nSPS) is 19.2. The van der Waals surface area contributed by atoms with Crippen molar-refractivity contribution in [3.05, 3.63) is 22.4 Å². The van der Waals surface area contributed by atoms with Crippen LogP contribution in [0.3, 0.4) is 0 Å². The van der Waals surface area contributed by atoms with E-state index in [-0.39, 0.29) is 19.2 Å². The molecule has 0 spiro atoms. The highest BCUT2D eigenvalue weighted by molar-refractivity contribution is 7.09. The monoisotopic (exact) mass is 325 g/mol. The van der Waals surface area contributed by atoms with Gasteiger partial charge in [0.2, 0.25) is 0 Å². The third-order valence-electron chi connectivity index (χ3n) is 3.22. The number of amides is 1. The summed E-state index contributed by atoms with van der Waals surface area (Å²) < 4.78 is 56.7. The maximum Gasteiger partial charge on any atom is 0.383 e. The van der Waals surface area contributed by atoms with Crippen molar-refractivity contribution >= 4 is 17.2 Å². The zero-order valence-electron chi connectivity index (χ0n) is 11.1. The molecule has 1 aliphatic heterocycles. The maximum absolute atomic E-state index is 13.3. The van der Waals surface area contributed by atoms with Crippen LogP contribution >= 0.6 is 11.3 Å². The Kier molecular flexibility index (Phi) is 5.21. The number of carbonyl (C=O) groups excluding carboxylic acids is 1. The molecule has 0 aromatic carbocycles. The lowest BCUT2D eigenvalue weighted by molar-refractivity contribution is -0.182. The quantitative estimate of drug-likeness (QED) is 0.752. The summed E-state index contributed by atoms with van der Waals surface area (Å²) in [5.41, 5.74) is 0. The SMILES string of the molecule is O=C(N(Cc1cccs1)CC1CCCO1)C(F)(F)C(F)F. The Bertz CT molecular complexity index is 461. The topological polar surface area (TPSA) is 29.5 Å². The van der Waals surface area contributed by atoms with E-state index < -0.39 is 18.3 Å². The second-order valence-electron chi connectivity index (χ2n) is 4.82. The first-order chi connectivity index (χ1) is 9.91. The molecule has 2 rings (SSSR count). The Balaban J connectivity index is 2.11. The van der Waals surface area contributed by atoms with E-state index in [2.05, 4.69) is 0 Å². The summed E-state index contributed by atoms with van der Waals surface area (Å²) in [6, 6.07) is 3.38. The van der Waals surface area contributed by atoms with Crippen LogP contribution in [0.5, 0.6) is 0 Å². The molecule has 1 aromatic heterocycles. The largest absolute Gasteiger partial charge is 0.383 e. The van der Waals surface area contributed by atoms with Crippen molar-refractivity contribution in [2.45, 2.75) is 37.8 Å². The third-order valence-corrected chi connectivity index (χ3v) is 4.08. The molecule has 1 unspecified atom stereocenters. The van der Waals surface area contributed by atoms with Gasteiger partial charge in [0, 0.05) is 18.0 Å². The minimum Gasteiger partial charge on any atom is -0.376 e. The van der Waals surface area contributed by atoms with Gasteiger partial charge >= 0.3 is 12.3 Å². The van der Waals surface area contributed by atoms with Crippen LogP contribution in [-0.2, 0) is 16.1 Å². The number of halogens is 4. The van der Waals surface area contributed by atoms with Gasteiger partial charge in [0.15, 0.2) is 0 Å². The number of hydrogen-bond acceptors (Lipinski definition) is 3. The van der Waals surface area contributed by atoms with Crippen LogP contribution in [-0.4, -0.2) is 42.4 Å². The van der Waals surface area contributed by atoms with Crippen LogP contribution < -0.4 is 0 Å². The number of thiophene rings is 1. The highest BCUT2D eigenvalue weighted by atomic mass is 32.1. The number of nitrogens with zero attached hydrogens (tertiary/aromatic N) is 1. The minimum absolute atomic E-state index is 0.0982. The molecule has 1 fully saturated rings. The van der Waals surface area contributed by atoms with E-state index in [0.717, 1.165) is 11.3 Å². The highest BCUT2D eigenvalue weighted by Crippen LogP contribution is 2.28. The average Bonchev–Trinajstić information content (AvgIpc) is 3.10. The molecule has 0 saturated carbocycles. The molecular weight excluding hydrogens is 310 g/mol. The van der Waals surface area contributed by atoms with Gasteiger partial charge in [-0.3, -0.25) is 4.79 Å². The van der Waals surface area contributed by atoms with Crippen LogP contribution in [0, 0.1) is 0 Å². The van der Waals surface area contributed by atoms with E-state index >= 15 is 0 Å². The molecule has 1 saturated heterocycles. The molecule has 2 heterocycles. The van der Waals surface area contributed by atoms with Crippen molar-refractivity contribution in [2.24, 2.45) is 0 Å². The van der Waals surface area contributed by atoms with Crippen LogP contribution in [0.25, 0.3) is 0 Å². The predicted molar refractivity (Wildman–Crippen MR) is 69.7 cm³/mol. The Morgan fingerprint density at radius 1 is 1.52 bits per heavy atom. The molecule has 1 aliphatic rings. The van der Waals surface area contributed by atoms with E-state index in [1.807, 2.05) is 0 Å². The van der Waals surface area contributed by atoms with E-state index in [0.29, 0.717) is 17.9 Å². The lowest BCUT2D eigenvalue weighted by atomic mass is 10.2. The predicted octanol–water partition coefficient (Wildman–Crippen LogP) is 3.16. The van der Waals surface area contributed by atoms with Gasteiger partial charge in [-0.1, -0.05) is 6.07 Å². The minimum atomic E-state index is -4.67. The van der Waals surface area contributed by atoms with Gasteiger partial charge in [-0.2, -0.15) is 8.78 Å². The van der Waals surface area contributed by atoms with Gasteiger partial charge in [-0.05, 0) is 24.3 Å². The Morgan fingerprint density at radius 3 is 2.81 bits per heavy atom. The van der Waals surface area contributed by atoms with Gasteiger partial charge in [0.05, 0.1) is 12.6 Å². The fourth-order valence-corrected chi connectivity index (χ4v) is 2.87. The molecule has 21 heavy (non-hydrogen) atoms. The van der Waals surface area contributed by atoms with Gasteiger partial charge in [0.1, 0.15) is 0 Å². The molecule has 3 nitrogen and oxygen atoms in total. The van der Waals surface area contributed by atoms with Crippen molar-refractivity contribution in [1.29, 1.82) is 0 Å². The molecule has 0 bridgehead atoms. The van der Waals surface area contributed by atoms with Gasteiger partial charge < -0.3 is 9.64 Å².